The van der Waals surface area contributed by atoms with E-state index < -0.39 is 15.9 Å². The number of hydrogen-bond acceptors (Lipinski definition) is 5. The molecule has 0 aromatic carbocycles. The van der Waals surface area contributed by atoms with Gasteiger partial charge in [-0.2, -0.15) is 0 Å². The third-order valence-corrected chi connectivity index (χ3v) is 4.42. The molecule has 0 saturated heterocycles. The molecular weight excluding hydrogens is 256 g/mol. The molecule has 0 aromatic heterocycles. The van der Waals surface area contributed by atoms with Crippen LogP contribution in [0.25, 0.3) is 0 Å². The topological polar surface area (TPSA) is 72.8 Å². The Kier molecular flexibility index (Phi) is 6.04. The van der Waals surface area contributed by atoms with E-state index in [1.54, 1.807) is 7.11 Å². The van der Waals surface area contributed by atoms with Gasteiger partial charge in [-0.15, -0.1) is 0 Å². The lowest BCUT2D eigenvalue weighted by Gasteiger charge is -2.36. The van der Waals surface area contributed by atoms with Gasteiger partial charge < -0.3 is 14.6 Å². The van der Waals surface area contributed by atoms with Crippen molar-refractivity contribution in [3.8, 4) is 0 Å². The second kappa shape index (κ2) is 6.84. The van der Waals surface area contributed by atoms with Crippen LogP contribution in [0.5, 0.6) is 0 Å². The van der Waals surface area contributed by atoms with E-state index in [2.05, 4.69) is 0 Å². The van der Waals surface area contributed by atoms with Crippen molar-refractivity contribution in [2.75, 3.05) is 25.7 Å². The van der Waals surface area contributed by atoms with Crippen molar-refractivity contribution < 1.29 is 23.0 Å². The summed E-state index contributed by atoms with van der Waals surface area (Å²) in [5.41, 5.74) is 0. The Morgan fingerprint density at radius 2 is 2.00 bits per heavy atom. The van der Waals surface area contributed by atoms with Crippen molar-refractivity contribution in [3.63, 3.8) is 0 Å². The number of aliphatic hydroxyl groups excluding tert-OH is 1. The Labute approximate surface area is 109 Å². The standard InChI is InChI=1S/C12H24O5S/c1-4-17-12-7-9(5-6-11(12)16-2)10(13)8-18(3,14)15/h9-13H,4-8H2,1-3H3. The van der Waals surface area contributed by atoms with E-state index >= 15 is 0 Å². The average molecular weight is 280 g/mol. The molecule has 0 bridgehead atoms. The molecule has 1 aliphatic carbocycles. The minimum atomic E-state index is -3.14. The van der Waals surface area contributed by atoms with Crippen LogP contribution in [-0.2, 0) is 19.3 Å². The highest BCUT2D eigenvalue weighted by atomic mass is 32.2. The van der Waals surface area contributed by atoms with Gasteiger partial charge in [0.2, 0.25) is 0 Å². The first-order valence-electron chi connectivity index (χ1n) is 6.37. The summed E-state index contributed by atoms with van der Waals surface area (Å²) in [6, 6.07) is 0. The molecule has 0 spiro atoms. The lowest BCUT2D eigenvalue weighted by atomic mass is 9.82. The smallest absolute Gasteiger partial charge is 0.150 e. The number of sulfone groups is 1. The van der Waals surface area contributed by atoms with Gasteiger partial charge >= 0.3 is 0 Å². The van der Waals surface area contributed by atoms with Crippen LogP contribution in [0.1, 0.15) is 26.2 Å². The normalized spacial score (nSPS) is 31.2. The molecule has 1 fully saturated rings. The molecular formula is C12H24O5S. The summed E-state index contributed by atoms with van der Waals surface area (Å²) in [4.78, 5) is 0. The third kappa shape index (κ3) is 4.84. The van der Waals surface area contributed by atoms with E-state index in [4.69, 9.17) is 9.47 Å². The molecule has 4 atom stereocenters. The lowest BCUT2D eigenvalue weighted by Crippen LogP contribution is -2.42. The molecule has 108 valence electrons. The van der Waals surface area contributed by atoms with Crippen LogP contribution in [0.15, 0.2) is 0 Å². The van der Waals surface area contributed by atoms with Crippen LogP contribution in [-0.4, -0.2) is 57.6 Å². The fourth-order valence-corrected chi connectivity index (χ4v) is 3.48. The van der Waals surface area contributed by atoms with Gasteiger partial charge in [-0.3, -0.25) is 0 Å². The van der Waals surface area contributed by atoms with E-state index in [1.165, 1.54) is 0 Å². The summed E-state index contributed by atoms with van der Waals surface area (Å²) in [5.74, 6) is -0.198. The third-order valence-electron chi connectivity index (χ3n) is 3.47. The van der Waals surface area contributed by atoms with E-state index in [9.17, 15) is 13.5 Å². The van der Waals surface area contributed by atoms with Crippen molar-refractivity contribution in [2.45, 2.75) is 44.5 Å². The molecule has 0 aliphatic heterocycles. The van der Waals surface area contributed by atoms with Gasteiger partial charge in [0.25, 0.3) is 0 Å². The van der Waals surface area contributed by atoms with Crippen LogP contribution in [0, 0.1) is 5.92 Å². The molecule has 6 heteroatoms. The predicted octanol–water partition coefficient (Wildman–Crippen LogP) is 0.612. The largest absolute Gasteiger partial charge is 0.392 e. The quantitative estimate of drug-likeness (QED) is 0.772. The Morgan fingerprint density at radius 3 is 2.50 bits per heavy atom. The Balaban J connectivity index is 2.59. The molecule has 18 heavy (non-hydrogen) atoms. The van der Waals surface area contributed by atoms with Crippen LogP contribution >= 0.6 is 0 Å². The molecule has 0 amide bonds. The van der Waals surface area contributed by atoms with Gasteiger partial charge in [0.1, 0.15) is 9.84 Å². The SMILES string of the molecule is CCOC1CC(C(O)CS(C)(=O)=O)CCC1OC. The average Bonchev–Trinajstić information content (AvgIpc) is 2.27. The summed E-state index contributed by atoms with van der Waals surface area (Å²) in [7, 11) is -1.49. The lowest BCUT2D eigenvalue weighted by molar-refractivity contribution is -0.0959. The summed E-state index contributed by atoms with van der Waals surface area (Å²) in [5, 5.41) is 9.98. The minimum Gasteiger partial charge on any atom is -0.392 e. The molecule has 1 aliphatic rings. The monoisotopic (exact) mass is 280 g/mol. The minimum absolute atomic E-state index is 0.0253. The molecule has 1 saturated carbocycles. The van der Waals surface area contributed by atoms with Crippen LogP contribution in [0.2, 0.25) is 0 Å². The van der Waals surface area contributed by atoms with Crippen molar-refractivity contribution in [2.24, 2.45) is 5.92 Å². The van der Waals surface area contributed by atoms with Crippen molar-refractivity contribution in [1.29, 1.82) is 0 Å². The maximum absolute atomic E-state index is 11.2. The van der Waals surface area contributed by atoms with E-state index in [0.29, 0.717) is 13.0 Å². The fraction of sp³-hybridized carbons (Fsp3) is 1.00. The summed E-state index contributed by atoms with van der Waals surface area (Å²) in [6.45, 7) is 2.52. The molecule has 0 radical (unpaired) electrons. The second-order valence-electron chi connectivity index (χ2n) is 5.00. The first-order valence-corrected chi connectivity index (χ1v) is 8.43. The number of methoxy groups -OCH3 is 1. The van der Waals surface area contributed by atoms with Crippen LogP contribution in [0.4, 0.5) is 0 Å². The molecule has 0 aromatic rings. The van der Waals surface area contributed by atoms with Crippen molar-refractivity contribution >= 4 is 9.84 Å². The van der Waals surface area contributed by atoms with Gasteiger partial charge in [-0.05, 0) is 32.1 Å². The highest BCUT2D eigenvalue weighted by Gasteiger charge is 2.35. The summed E-state index contributed by atoms with van der Waals surface area (Å²) < 4.78 is 33.4. The van der Waals surface area contributed by atoms with Gasteiger partial charge in [-0.1, -0.05) is 0 Å². The van der Waals surface area contributed by atoms with Gasteiger partial charge in [0.05, 0.1) is 24.1 Å². The highest BCUT2D eigenvalue weighted by Crippen LogP contribution is 2.31. The van der Waals surface area contributed by atoms with Crippen molar-refractivity contribution in [3.05, 3.63) is 0 Å². The fourth-order valence-electron chi connectivity index (χ4n) is 2.59. The van der Waals surface area contributed by atoms with Crippen LogP contribution in [0.3, 0.4) is 0 Å². The Bertz CT molecular complexity index is 340. The summed E-state index contributed by atoms with van der Waals surface area (Å²) in [6.07, 6.45) is 2.58. The first-order chi connectivity index (χ1) is 8.37. The van der Waals surface area contributed by atoms with Gasteiger partial charge in [0.15, 0.2) is 0 Å². The maximum atomic E-state index is 11.2. The number of hydrogen-bond donors (Lipinski definition) is 1. The molecule has 0 heterocycles. The summed E-state index contributed by atoms with van der Waals surface area (Å²) >= 11 is 0. The van der Waals surface area contributed by atoms with E-state index in [0.717, 1.165) is 19.1 Å². The zero-order valence-corrected chi connectivity index (χ0v) is 12.1. The number of ether oxygens (including phenoxy) is 2. The number of rotatable bonds is 6. The first kappa shape index (κ1) is 15.9. The number of aliphatic hydroxyl groups is 1. The second-order valence-corrected chi connectivity index (χ2v) is 7.19. The molecule has 5 nitrogen and oxygen atoms in total. The van der Waals surface area contributed by atoms with E-state index in [1.807, 2.05) is 6.92 Å². The predicted molar refractivity (Wildman–Crippen MR) is 69.3 cm³/mol. The Morgan fingerprint density at radius 1 is 1.33 bits per heavy atom. The van der Waals surface area contributed by atoms with Crippen LogP contribution < -0.4 is 0 Å². The zero-order chi connectivity index (χ0) is 13.8. The Hall–Kier alpha value is -0.170. The van der Waals surface area contributed by atoms with Gasteiger partial charge in [-0.25, -0.2) is 8.42 Å². The van der Waals surface area contributed by atoms with Gasteiger partial charge in [0, 0.05) is 20.0 Å². The maximum Gasteiger partial charge on any atom is 0.150 e. The van der Waals surface area contributed by atoms with E-state index in [-0.39, 0.29) is 23.9 Å². The molecule has 1 N–H and O–H groups in total. The highest BCUT2D eigenvalue weighted by molar-refractivity contribution is 7.90. The zero-order valence-electron chi connectivity index (χ0n) is 11.3. The van der Waals surface area contributed by atoms with Crippen molar-refractivity contribution in [1.82, 2.24) is 0 Å². The molecule has 4 unspecified atom stereocenters. The molecule has 1 rings (SSSR count).